The van der Waals surface area contributed by atoms with Gasteiger partial charge in [0.15, 0.2) is 0 Å². The van der Waals surface area contributed by atoms with Crippen LogP contribution in [0.4, 0.5) is 0 Å². The molecule has 0 aromatic rings. The Morgan fingerprint density at radius 1 is 1.21 bits per heavy atom. The Morgan fingerprint density at radius 3 is 2.29 bits per heavy atom. The molecule has 2 heteroatoms. The summed E-state index contributed by atoms with van der Waals surface area (Å²) in [6.07, 6.45) is 5.72. The van der Waals surface area contributed by atoms with Crippen LogP contribution in [0.2, 0.25) is 0 Å². The summed E-state index contributed by atoms with van der Waals surface area (Å²) in [5.41, 5.74) is 0.735. The van der Waals surface area contributed by atoms with Crippen molar-refractivity contribution in [1.29, 1.82) is 0 Å². The van der Waals surface area contributed by atoms with Crippen molar-refractivity contribution in [2.75, 3.05) is 20.1 Å². The van der Waals surface area contributed by atoms with E-state index in [0.29, 0.717) is 6.04 Å². The molecular weight excluding hydrogens is 172 g/mol. The number of rotatable bonds is 2. The topological polar surface area (TPSA) is 15.3 Å². The molecule has 0 amide bonds. The van der Waals surface area contributed by atoms with E-state index in [0.717, 1.165) is 11.5 Å². The molecule has 1 spiro atoms. The van der Waals surface area contributed by atoms with E-state index in [1.165, 1.54) is 38.8 Å². The molecule has 0 radical (unpaired) electrons. The Morgan fingerprint density at radius 2 is 1.79 bits per heavy atom. The lowest BCUT2D eigenvalue weighted by atomic mass is 9.60. The van der Waals surface area contributed by atoms with Gasteiger partial charge in [-0.3, -0.25) is 0 Å². The fraction of sp³-hybridized carbons (Fsp3) is 1.00. The van der Waals surface area contributed by atoms with Crippen LogP contribution in [0.5, 0.6) is 0 Å². The zero-order chi connectivity index (χ0) is 10.2. The summed E-state index contributed by atoms with van der Waals surface area (Å²) in [5, 5.41) is 3.46. The maximum atomic E-state index is 3.46. The van der Waals surface area contributed by atoms with E-state index < -0.39 is 0 Å². The van der Waals surface area contributed by atoms with Crippen molar-refractivity contribution in [3.05, 3.63) is 0 Å². The molecule has 1 heterocycles. The van der Waals surface area contributed by atoms with E-state index in [1.807, 2.05) is 0 Å². The molecule has 1 saturated carbocycles. The molecule has 2 fully saturated rings. The van der Waals surface area contributed by atoms with Crippen LogP contribution >= 0.6 is 0 Å². The highest BCUT2D eigenvalue weighted by molar-refractivity contribution is 5.00. The molecule has 2 rings (SSSR count). The van der Waals surface area contributed by atoms with Crippen molar-refractivity contribution in [2.45, 2.75) is 51.6 Å². The standard InChI is InChI=1S/C12H24N2/c1-10(2)14(3)11-8-12(9-11)4-6-13-7-5-12/h10-11,13H,4-9H2,1-3H3. The van der Waals surface area contributed by atoms with Gasteiger partial charge in [0, 0.05) is 12.1 Å². The Kier molecular flexibility index (Phi) is 2.85. The molecule has 1 saturated heterocycles. The summed E-state index contributed by atoms with van der Waals surface area (Å²) in [5.74, 6) is 0. The molecule has 2 nitrogen and oxygen atoms in total. The molecule has 2 aliphatic rings. The third kappa shape index (κ3) is 1.82. The number of nitrogens with zero attached hydrogens (tertiary/aromatic N) is 1. The molecule has 1 aliphatic carbocycles. The molecule has 1 N–H and O–H groups in total. The Balaban J connectivity index is 1.82. The summed E-state index contributed by atoms with van der Waals surface area (Å²) in [6.45, 7) is 7.09. The van der Waals surface area contributed by atoms with Crippen LogP contribution in [-0.4, -0.2) is 37.1 Å². The molecule has 1 aliphatic heterocycles. The second-order valence-electron chi connectivity index (χ2n) is 5.57. The molecule has 82 valence electrons. The number of piperidine rings is 1. The van der Waals surface area contributed by atoms with E-state index in [2.05, 4.69) is 31.1 Å². The van der Waals surface area contributed by atoms with Gasteiger partial charge in [-0.2, -0.15) is 0 Å². The van der Waals surface area contributed by atoms with Gasteiger partial charge in [-0.05, 0) is 65.1 Å². The van der Waals surface area contributed by atoms with Gasteiger partial charge in [0.05, 0.1) is 0 Å². The number of nitrogens with one attached hydrogen (secondary N) is 1. The first kappa shape index (κ1) is 10.4. The van der Waals surface area contributed by atoms with Crippen LogP contribution < -0.4 is 5.32 Å². The van der Waals surface area contributed by atoms with Crippen LogP contribution in [0.25, 0.3) is 0 Å². The van der Waals surface area contributed by atoms with E-state index in [-0.39, 0.29) is 0 Å². The van der Waals surface area contributed by atoms with Gasteiger partial charge < -0.3 is 10.2 Å². The van der Waals surface area contributed by atoms with Crippen molar-refractivity contribution < 1.29 is 0 Å². The average Bonchev–Trinajstić information content (AvgIpc) is 2.14. The molecule has 0 bridgehead atoms. The van der Waals surface area contributed by atoms with Crippen molar-refractivity contribution in [2.24, 2.45) is 5.41 Å². The SMILES string of the molecule is CC(C)N(C)C1CC2(CCNCC2)C1. The predicted octanol–water partition coefficient (Wildman–Crippen LogP) is 1.86. The zero-order valence-electron chi connectivity index (χ0n) is 9.84. The summed E-state index contributed by atoms with van der Waals surface area (Å²) in [4.78, 5) is 2.55. The molecule has 0 aromatic heterocycles. The van der Waals surface area contributed by atoms with Crippen LogP contribution in [-0.2, 0) is 0 Å². The van der Waals surface area contributed by atoms with Crippen molar-refractivity contribution >= 4 is 0 Å². The summed E-state index contributed by atoms with van der Waals surface area (Å²) >= 11 is 0. The highest BCUT2D eigenvalue weighted by Gasteiger charge is 2.46. The quantitative estimate of drug-likeness (QED) is 0.725. The largest absolute Gasteiger partial charge is 0.317 e. The van der Waals surface area contributed by atoms with Gasteiger partial charge >= 0.3 is 0 Å². The minimum Gasteiger partial charge on any atom is -0.317 e. The molecular formula is C12H24N2. The second-order valence-corrected chi connectivity index (χ2v) is 5.57. The van der Waals surface area contributed by atoms with Crippen LogP contribution in [0.3, 0.4) is 0 Å². The minimum atomic E-state index is 0.707. The van der Waals surface area contributed by atoms with Gasteiger partial charge in [0.1, 0.15) is 0 Å². The lowest BCUT2D eigenvalue weighted by Gasteiger charge is -2.54. The van der Waals surface area contributed by atoms with Gasteiger partial charge in [-0.15, -0.1) is 0 Å². The maximum absolute atomic E-state index is 3.46. The fourth-order valence-corrected chi connectivity index (χ4v) is 3.01. The lowest BCUT2D eigenvalue weighted by Crippen LogP contribution is -2.54. The monoisotopic (exact) mass is 196 g/mol. The summed E-state index contributed by atoms with van der Waals surface area (Å²) in [7, 11) is 2.28. The fourth-order valence-electron chi connectivity index (χ4n) is 3.01. The highest BCUT2D eigenvalue weighted by atomic mass is 15.2. The van der Waals surface area contributed by atoms with E-state index in [1.54, 1.807) is 0 Å². The van der Waals surface area contributed by atoms with E-state index in [4.69, 9.17) is 0 Å². The van der Waals surface area contributed by atoms with Crippen molar-refractivity contribution in [3.63, 3.8) is 0 Å². The third-order valence-electron chi connectivity index (χ3n) is 4.39. The Labute approximate surface area is 88.1 Å². The molecule has 14 heavy (non-hydrogen) atoms. The van der Waals surface area contributed by atoms with E-state index >= 15 is 0 Å². The minimum absolute atomic E-state index is 0.707. The number of hydrogen-bond acceptors (Lipinski definition) is 2. The van der Waals surface area contributed by atoms with Crippen LogP contribution in [0, 0.1) is 5.41 Å². The van der Waals surface area contributed by atoms with Gasteiger partial charge in [0.25, 0.3) is 0 Å². The lowest BCUT2D eigenvalue weighted by molar-refractivity contribution is -0.0209. The maximum Gasteiger partial charge on any atom is 0.0105 e. The predicted molar refractivity (Wildman–Crippen MR) is 60.5 cm³/mol. The molecule has 0 unspecified atom stereocenters. The van der Waals surface area contributed by atoms with Gasteiger partial charge in [-0.1, -0.05) is 0 Å². The Bertz CT molecular complexity index is 186. The van der Waals surface area contributed by atoms with E-state index in [9.17, 15) is 0 Å². The highest BCUT2D eigenvalue weighted by Crippen LogP contribution is 2.49. The summed E-state index contributed by atoms with van der Waals surface area (Å²) in [6, 6.07) is 1.58. The third-order valence-corrected chi connectivity index (χ3v) is 4.39. The van der Waals surface area contributed by atoms with Gasteiger partial charge in [0.2, 0.25) is 0 Å². The first-order valence-electron chi connectivity index (χ1n) is 6.06. The average molecular weight is 196 g/mol. The number of hydrogen-bond donors (Lipinski definition) is 1. The molecule has 0 atom stereocenters. The van der Waals surface area contributed by atoms with Crippen molar-refractivity contribution in [1.82, 2.24) is 10.2 Å². The zero-order valence-corrected chi connectivity index (χ0v) is 9.84. The first-order valence-corrected chi connectivity index (χ1v) is 6.06. The van der Waals surface area contributed by atoms with Gasteiger partial charge in [-0.25, -0.2) is 0 Å². The smallest absolute Gasteiger partial charge is 0.0105 e. The second kappa shape index (κ2) is 3.82. The normalized spacial score (nSPS) is 27.2. The molecule has 0 aromatic carbocycles. The van der Waals surface area contributed by atoms with Crippen molar-refractivity contribution in [3.8, 4) is 0 Å². The van der Waals surface area contributed by atoms with Crippen LogP contribution in [0.1, 0.15) is 39.5 Å². The summed E-state index contributed by atoms with van der Waals surface area (Å²) < 4.78 is 0. The first-order chi connectivity index (χ1) is 6.63. The van der Waals surface area contributed by atoms with Crippen LogP contribution in [0.15, 0.2) is 0 Å². The Hall–Kier alpha value is -0.0800.